The third-order valence-electron chi connectivity index (χ3n) is 9.60. The van der Waals surface area contributed by atoms with Crippen LogP contribution in [0.4, 0.5) is 10.5 Å². The zero-order valence-electron chi connectivity index (χ0n) is 30.1. The van der Waals surface area contributed by atoms with Crippen LogP contribution in [0.2, 0.25) is 18.1 Å². The Kier molecular flexibility index (Phi) is 12.0. The van der Waals surface area contributed by atoms with Crippen molar-refractivity contribution < 1.29 is 24.2 Å². The standard InChI is InChI=1S/C41H49N3O6Si/c1-41(2,3)51(4,5)50-37(33-18-20-36(45)39-34(33)19-21-38(46)44-39)27-42-23-22-29-11-9-15-31(25-29)49-24-10-12-28-16-17-32(30-13-7-6-8-14-30)35(26-28)43-40(47)48/h6-9,11,13-21,25-26,37,42-43,45H,10,12,22-24,27H2,1-5H3,(H,44,46)(H,47,48). The van der Waals surface area contributed by atoms with E-state index in [4.69, 9.17) is 9.16 Å². The molecule has 5 aromatic rings. The molecule has 9 nitrogen and oxygen atoms in total. The minimum Gasteiger partial charge on any atom is -0.506 e. The Bertz CT molecular complexity index is 2010. The van der Waals surface area contributed by atoms with Crippen molar-refractivity contribution in [1.82, 2.24) is 10.3 Å². The van der Waals surface area contributed by atoms with Crippen molar-refractivity contribution in [3.8, 4) is 22.6 Å². The zero-order chi connectivity index (χ0) is 36.6. The first-order chi connectivity index (χ1) is 24.3. The number of amides is 1. The summed E-state index contributed by atoms with van der Waals surface area (Å²) in [7, 11) is -2.18. The third kappa shape index (κ3) is 9.88. The molecule has 0 radical (unpaired) electrons. The quantitative estimate of drug-likeness (QED) is 0.0542. The maximum Gasteiger partial charge on any atom is 0.409 e. The number of phenolic OH excluding ortho intramolecular Hbond substituents is 1. The molecule has 51 heavy (non-hydrogen) atoms. The second-order valence-corrected chi connectivity index (χ2v) is 19.1. The van der Waals surface area contributed by atoms with E-state index in [0.717, 1.165) is 64.8 Å². The predicted molar refractivity (Wildman–Crippen MR) is 208 cm³/mol. The van der Waals surface area contributed by atoms with E-state index in [-0.39, 0.29) is 22.5 Å². The fourth-order valence-corrected chi connectivity index (χ4v) is 7.12. The number of hydrogen-bond acceptors (Lipinski definition) is 6. The highest BCUT2D eigenvalue weighted by molar-refractivity contribution is 6.74. The number of H-pyrrole nitrogens is 1. The van der Waals surface area contributed by atoms with Gasteiger partial charge in [0.1, 0.15) is 11.5 Å². The van der Waals surface area contributed by atoms with Crippen LogP contribution in [0, 0.1) is 0 Å². The number of anilines is 1. The van der Waals surface area contributed by atoms with Crippen molar-refractivity contribution in [3.63, 3.8) is 0 Å². The molecule has 5 N–H and O–H groups in total. The molecule has 1 aromatic heterocycles. The Morgan fingerprint density at radius 2 is 1.67 bits per heavy atom. The van der Waals surface area contributed by atoms with Crippen molar-refractivity contribution in [2.24, 2.45) is 0 Å². The van der Waals surface area contributed by atoms with E-state index < -0.39 is 14.4 Å². The minimum atomic E-state index is -2.18. The smallest absolute Gasteiger partial charge is 0.409 e. The molecule has 268 valence electrons. The molecule has 0 aliphatic heterocycles. The molecule has 1 heterocycles. The van der Waals surface area contributed by atoms with Crippen LogP contribution >= 0.6 is 0 Å². The number of carbonyl (C=O) groups is 1. The molecule has 0 aliphatic carbocycles. The summed E-state index contributed by atoms with van der Waals surface area (Å²) < 4.78 is 13.0. The number of aryl methyl sites for hydroxylation is 1. The van der Waals surface area contributed by atoms with Crippen molar-refractivity contribution in [3.05, 3.63) is 124 Å². The summed E-state index contributed by atoms with van der Waals surface area (Å²) in [5, 5.41) is 26.8. The Hall–Kier alpha value is -4.90. The van der Waals surface area contributed by atoms with Crippen molar-refractivity contribution >= 4 is 31.0 Å². The van der Waals surface area contributed by atoms with Gasteiger partial charge in [-0.05, 0) is 96.5 Å². The average Bonchev–Trinajstić information content (AvgIpc) is 3.08. The normalized spacial score (nSPS) is 12.5. The summed E-state index contributed by atoms with van der Waals surface area (Å²) in [5.74, 6) is 0.844. The van der Waals surface area contributed by atoms with E-state index in [1.807, 2.05) is 66.7 Å². The van der Waals surface area contributed by atoms with Crippen LogP contribution in [0.5, 0.6) is 11.5 Å². The van der Waals surface area contributed by atoms with Gasteiger partial charge in [-0.1, -0.05) is 81.4 Å². The number of rotatable bonds is 15. The highest BCUT2D eigenvalue weighted by atomic mass is 28.4. The van der Waals surface area contributed by atoms with Gasteiger partial charge in [-0.2, -0.15) is 0 Å². The highest BCUT2D eigenvalue weighted by Crippen LogP contribution is 2.41. The lowest BCUT2D eigenvalue weighted by Gasteiger charge is -2.39. The fourth-order valence-electron chi connectivity index (χ4n) is 5.85. The summed E-state index contributed by atoms with van der Waals surface area (Å²) in [4.78, 5) is 26.3. The maximum absolute atomic E-state index is 12.0. The molecule has 0 saturated heterocycles. The molecule has 0 fully saturated rings. The molecule has 0 bridgehead atoms. The second kappa shape index (κ2) is 16.4. The molecule has 0 saturated carbocycles. The predicted octanol–water partition coefficient (Wildman–Crippen LogP) is 8.90. The van der Waals surface area contributed by atoms with E-state index in [0.29, 0.717) is 24.4 Å². The number of aromatic amines is 1. The summed E-state index contributed by atoms with van der Waals surface area (Å²) in [6, 6.07) is 30.5. The van der Waals surface area contributed by atoms with E-state index >= 15 is 0 Å². The van der Waals surface area contributed by atoms with Gasteiger partial charge in [-0.3, -0.25) is 10.1 Å². The molecule has 0 aliphatic rings. The number of nitrogens with one attached hydrogen (secondary N) is 3. The van der Waals surface area contributed by atoms with E-state index in [1.54, 1.807) is 12.1 Å². The Morgan fingerprint density at radius 1 is 0.902 bits per heavy atom. The lowest BCUT2D eigenvalue weighted by Crippen LogP contribution is -2.43. The second-order valence-electron chi connectivity index (χ2n) is 14.4. The van der Waals surface area contributed by atoms with Gasteiger partial charge in [0, 0.05) is 23.6 Å². The van der Waals surface area contributed by atoms with Gasteiger partial charge < -0.3 is 29.7 Å². The van der Waals surface area contributed by atoms with Crippen LogP contribution in [-0.2, 0) is 17.3 Å². The van der Waals surface area contributed by atoms with Crippen molar-refractivity contribution in [2.45, 2.75) is 64.3 Å². The van der Waals surface area contributed by atoms with Gasteiger partial charge >= 0.3 is 6.09 Å². The molecule has 1 atom stereocenters. The molecule has 10 heteroatoms. The van der Waals surface area contributed by atoms with Crippen molar-refractivity contribution in [1.29, 1.82) is 0 Å². The lowest BCUT2D eigenvalue weighted by atomic mass is 10.00. The number of carboxylic acid groups (broad SMARTS) is 1. The molecule has 5 rings (SSSR count). The largest absolute Gasteiger partial charge is 0.506 e. The summed E-state index contributed by atoms with van der Waals surface area (Å²) in [6.45, 7) is 12.9. The van der Waals surface area contributed by atoms with Crippen LogP contribution in [0.25, 0.3) is 22.0 Å². The zero-order valence-corrected chi connectivity index (χ0v) is 31.1. The topological polar surface area (TPSA) is 133 Å². The van der Waals surface area contributed by atoms with E-state index in [9.17, 15) is 19.8 Å². The summed E-state index contributed by atoms with van der Waals surface area (Å²) in [5.41, 5.74) is 5.62. The number of aromatic nitrogens is 1. The minimum absolute atomic E-state index is 0.000215. The first-order valence-corrected chi connectivity index (χ1v) is 20.3. The summed E-state index contributed by atoms with van der Waals surface area (Å²) >= 11 is 0. The summed E-state index contributed by atoms with van der Waals surface area (Å²) in [6.07, 6.45) is 0.947. The molecule has 4 aromatic carbocycles. The molecular weight excluding hydrogens is 659 g/mol. The number of fused-ring (bicyclic) bond motifs is 1. The maximum atomic E-state index is 12.0. The Labute approximate surface area is 300 Å². The van der Waals surface area contributed by atoms with Crippen molar-refractivity contribution in [2.75, 3.05) is 25.0 Å². The monoisotopic (exact) mass is 707 g/mol. The number of benzene rings is 4. The van der Waals surface area contributed by atoms with Gasteiger partial charge in [0.15, 0.2) is 8.32 Å². The third-order valence-corrected chi connectivity index (χ3v) is 14.1. The first kappa shape index (κ1) is 37.4. The molecular formula is C41H49N3O6Si. The van der Waals surface area contributed by atoms with Gasteiger partial charge in [-0.15, -0.1) is 0 Å². The van der Waals surface area contributed by atoms with E-state index in [2.05, 4.69) is 61.6 Å². The van der Waals surface area contributed by atoms with Gasteiger partial charge in [0.2, 0.25) is 5.56 Å². The Balaban J connectivity index is 1.17. The molecule has 1 amide bonds. The molecule has 0 spiro atoms. The van der Waals surface area contributed by atoms with Crippen LogP contribution in [-0.4, -0.2) is 49.3 Å². The van der Waals surface area contributed by atoms with E-state index in [1.165, 1.54) is 6.07 Å². The number of hydrogen-bond donors (Lipinski definition) is 5. The van der Waals surface area contributed by atoms with Gasteiger partial charge in [0.05, 0.1) is 23.9 Å². The molecule has 1 unspecified atom stereocenters. The van der Waals surface area contributed by atoms with Crippen LogP contribution < -0.4 is 20.9 Å². The van der Waals surface area contributed by atoms with Crippen LogP contribution in [0.3, 0.4) is 0 Å². The lowest BCUT2D eigenvalue weighted by molar-refractivity contribution is 0.182. The number of phenols is 1. The number of aromatic hydroxyl groups is 1. The Morgan fingerprint density at radius 3 is 2.41 bits per heavy atom. The number of ether oxygens (including phenoxy) is 1. The van der Waals surface area contributed by atoms with Gasteiger partial charge in [0.25, 0.3) is 0 Å². The van der Waals surface area contributed by atoms with Crippen LogP contribution in [0.1, 0.15) is 50.0 Å². The van der Waals surface area contributed by atoms with Gasteiger partial charge in [-0.25, -0.2) is 4.79 Å². The first-order valence-electron chi connectivity index (χ1n) is 17.4. The fraction of sp³-hybridized carbons (Fsp3) is 0.317. The van der Waals surface area contributed by atoms with Crippen LogP contribution in [0.15, 0.2) is 102 Å². The number of pyridine rings is 1. The average molecular weight is 708 g/mol. The highest BCUT2D eigenvalue weighted by Gasteiger charge is 2.39. The SMILES string of the molecule is CC(C)(C)[Si](C)(C)OC(CNCCc1cccc(OCCCc2ccc(-c3ccccc3)c(NC(=O)O)c2)c1)c1ccc(O)c2[nH]c(=O)ccc12.